The average molecular weight is 504 g/mol. The normalized spacial score (nSPS) is 15.9. The minimum Gasteiger partial charge on any atom is -0.464 e. The average Bonchev–Trinajstić information content (AvgIpc) is 3.57. The summed E-state index contributed by atoms with van der Waals surface area (Å²) in [5.74, 6) is -0.182. The first-order chi connectivity index (χ1) is 16.0. The van der Waals surface area contributed by atoms with Crippen LogP contribution in [0.5, 0.6) is 0 Å². The molecule has 3 rings (SSSR count). The summed E-state index contributed by atoms with van der Waals surface area (Å²) < 4.78 is 5.00. The van der Waals surface area contributed by atoms with Crippen molar-refractivity contribution in [2.24, 2.45) is 0 Å². The Labute approximate surface area is 215 Å². The van der Waals surface area contributed by atoms with Gasteiger partial charge >= 0.3 is 23.0 Å². The van der Waals surface area contributed by atoms with E-state index in [0.717, 1.165) is 24.3 Å². The van der Waals surface area contributed by atoms with E-state index in [-0.39, 0.29) is 36.1 Å². The number of nitrogens with one attached hydrogen (secondary N) is 2. The quantitative estimate of drug-likeness (QED) is 0.378. The molecule has 10 radical (unpaired) electrons. The molecule has 2 N–H and O–H groups in total. The van der Waals surface area contributed by atoms with E-state index in [4.69, 9.17) is 4.74 Å². The van der Waals surface area contributed by atoms with Gasteiger partial charge in [-0.2, -0.15) is 0 Å². The molecule has 180 valence electrons. The zero-order valence-electron chi connectivity index (χ0n) is 19.6. The second kappa shape index (κ2) is 17.6. The van der Waals surface area contributed by atoms with Crippen molar-refractivity contribution in [1.82, 2.24) is 10.6 Å². The maximum Gasteiger partial charge on any atom is 2.00 e. The Morgan fingerprint density at radius 1 is 0.941 bits per heavy atom. The Morgan fingerprint density at radius 2 is 1.59 bits per heavy atom. The van der Waals surface area contributed by atoms with Crippen molar-refractivity contribution < 1.29 is 36.2 Å². The predicted molar refractivity (Wildman–Crippen MR) is 128 cm³/mol. The second-order valence-corrected chi connectivity index (χ2v) is 7.41. The molecule has 2 fully saturated rings. The van der Waals surface area contributed by atoms with E-state index in [1.807, 2.05) is 70.8 Å². The molecule has 0 unspecified atom stereocenters. The van der Waals surface area contributed by atoms with Crippen molar-refractivity contribution in [3.05, 3.63) is 99.1 Å². The van der Waals surface area contributed by atoms with Gasteiger partial charge in [-0.15, -0.1) is 0 Å². The number of hydrogen-bond acceptors (Lipinski definition) is 4. The van der Waals surface area contributed by atoms with Crippen LogP contribution < -0.4 is 10.6 Å². The summed E-state index contributed by atoms with van der Waals surface area (Å²) in [6.07, 6.45) is 20.0. The smallest absolute Gasteiger partial charge is 0.464 e. The van der Waals surface area contributed by atoms with Crippen LogP contribution in [0.2, 0.25) is 0 Å². The third-order valence-electron chi connectivity index (χ3n) is 4.84. The molecular weight excluding hydrogens is 472 g/mol. The van der Waals surface area contributed by atoms with Gasteiger partial charge in [-0.05, 0) is 88.8 Å². The van der Waals surface area contributed by atoms with Crippen LogP contribution in [0.3, 0.4) is 0 Å². The summed E-state index contributed by atoms with van der Waals surface area (Å²) in [5, 5.41) is 5.25. The van der Waals surface area contributed by atoms with Crippen molar-refractivity contribution in [3.63, 3.8) is 0 Å². The number of esters is 1. The number of ether oxygens (including phenoxy) is 1. The Morgan fingerprint density at radius 3 is 2.18 bits per heavy atom. The molecule has 7 heteroatoms. The van der Waals surface area contributed by atoms with Crippen LogP contribution >= 0.6 is 0 Å². The summed E-state index contributed by atoms with van der Waals surface area (Å²) in [6.45, 7) is 3.78. The largest absolute Gasteiger partial charge is 2.00 e. The van der Waals surface area contributed by atoms with Crippen LogP contribution in [0.25, 0.3) is 0 Å². The molecule has 1 aromatic carbocycles. The van der Waals surface area contributed by atoms with Gasteiger partial charge in [0.25, 0.3) is 5.91 Å². The van der Waals surface area contributed by atoms with Crippen LogP contribution in [0.15, 0.2) is 24.3 Å². The first-order valence-corrected chi connectivity index (χ1v) is 11.3. The van der Waals surface area contributed by atoms with Gasteiger partial charge < -0.3 is 15.4 Å². The molecule has 0 aromatic heterocycles. The van der Waals surface area contributed by atoms with Crippen LogP contribution in [0.1, 0.15) is 49.0 Å². The van der Waals surface area contributed by atoms with Crippen LogP contribution in [-0.2, 0) is 31.4 Å². The zero-order chi connectivity index (χ0) is 23.9. The number of amides is 2. The molecule has 2 saturated carbocycles. The first-order valence-electron chi connectivity index (χ1n) is 11.3. The standard InChI is InChI=1S/C22H27N2O4.C5H5.Fe/c1-3-5-13-19(22(27)28-4-2)24-20(25)15-23-21(26)18-12-8-11-17(14-18)16-9-6-7-10-16;1-2-4-5-3-1;/h6-12,14,19H,3-5,13,15H2,1-2H3,(H,23,26)(H,24,25);1-5H;/q;;+2/t19-;;/m0../s1. The minimum absolute atomic E-state index is 0. The Bertz CT molecular complexity index is 738. The van der Waals surface area contributed by atoms with Gasteiger partial charge in [-0.25, -0.2) is 4.79 Å². The van der Waals surface area contributed by atoms with Gasteiger partial charge in [0.2, 0.25) is 5.91 Å². The molecule has 2 aliphatic rings. The van der Waals surface area contributed by atoms with E-state index in [2.05, 4.69) is 10.6 Å². The predicted octanol–water partition coefficient (Wildman–Crippen LogP) is 3.43. The fraction of sp³-hybridized carbons (Fsp3) is 0.296. The molecule has 0 aliphatic heterocycles. The summed E-state index contributed by atoms with van der Waals surface area (Å²) >= 11 is 0. The van der Waals surface area contributed by atoms with Crippen LogP contribution in [0.4, 0.5) is 0 Å². The molecular formula is C27H32FeN2O4+2. The van der Waals surface area contributed by atoms with Crippen molar-refractivity contribution in [2.45, 2.75) is 39.2 Å². The SMILES string of the molecule is CCCC[C@H](NC(=O)CNC(=O)c1cccc([C]2[CH][CH][CH][CH]2)c1)C(=O)OCC.[CH]1[CH][CH][CH][CH]1.[Fe+2]. The number of carbonyl (C=O) groups is 3. The molecule has 1 aromatic rings. The van der Waals surface area contributed by atoms with Crippen LogP contribution in [0, 0.1) is 63.7 Å². The first kappa shape index (κ1) is 30.2. The number of rotatable bonds is 10. The van der Waals surface area contributed by atoms with Gasteiger partial charge in [0.1, 0.15) is 6.04 Å². The van der Waals surface area contributed by atoms with Gasteiger partial charge in [0.05, 0.1) is 13.2 Å². The van der Waals surface area contributed by atoms with Crippen molar-refractivity contribution in [3.8, 4) is 0 Å². The summed E-state index contributed by atoms with van der Waals surface area (Å²) in [6, 6.07) is 6.52. The fourth-order valence-corrected chi connectivity index (χ4v) is 3.14. The monoisotopic (exact) mass is 504 g/mol. The van der Waals surface area contributed by atoms with Crippen LogP contribution in [-0.4, -0.2) is 37.0 Å². The van der Waals surface area contributed by atoms with Gasteiger partial charge in [-0.1, -0.05) is 31.9 Å². The third-order valence-corrected chi connectivity index (χ3v) is 4.84. The number of unbranched alkanes of at least 4 members (excludes halogenated alkanes) is 1. The van der Waals surface area contributed by atoms with E-state index < -0.39 is 17.9 Å². The Hall–Kier alpha value is -1.85. The molecule has 0 heterocycles. The summed E-state index contributed by atoms with van der Waals surface area (Å²) in [7, 11) is 0. The molecule has 0 spiro atoms. The molecule has 0 bridgehead atoms. The van der Waals surface area contributed by atoms with E-state index in [1.54, 1.807) is 25.1 Å². The topological polar surface area (TPSA) is 84.5 Å². The molecule has 34 heavy (non-hydrogen) atoms. The number of benzene rings is 1. The maximum atomic E-state index is 12.4. The summed E-state index contributed by atoms with van der Waals surface area (Å²) in [4.78, 5) is 36.5. The Kier molecular flexibility index (Phi) is 15.6. The van der Waals surface area contributed by atoms with Crippen molar-refractivity contribution >= 4 is 17.8 Å². The minimum atomic E-state index is -0.690. The van der Waals surface area contributed by atoms with Gasteiger partial charge in [0.15, 0.2) is 0 Å². The second-order valence-electron chi connectivity index (χ2n) is 7.41. The van der Waals surface area contributed by atoms with E-state index in [1.165, 1.54) is 0 Å². The molecule has 0 saturated heterocycles. The summed E-state index contributed by atoms with van der Waals surface area (Å²) in [5.41, 5.74) is 1.41. The van der Waals surface area contributed by atoms with E-state index >= 15 is 0 Å². The van der Waals surface area contributed by atoms with Gasteiger partial charge in [-0.3, -0.25) is 9.59 Å². The van der Waals surface area contributed by atoms with Crippen molar-refractivity contribution in [1.29, 1.82) is 0 Å². The van der Waals surface area contributed by atoms with E-state index in [9.17, 15) is 14.4 Å². The third kappa shape index (κ3) is 11.0. The maximum absolute atomic E-state index is 12.4. The molecule has 1 atom stereocenters. The number of hydrogen-bond donors (Lipinski definition) is 2. The van der Waals surface area contributed by atoms with Crippen molar-refractivity contribution in [2.75, 3.05) is 13.2 Å². The van der Waals surface area contributed by atoms with E-state index in [0.29, 0.717) is 12.0 Å². The zero-order valence-corrected chi connectivity index (χ0v) is 20.7. The Balaban J connectivity index is 0.000000851. The van der Waals surface area contributed by atoms with Gasteiger partial charge in [0, 0.05) is 11.5 Å². The molecule has 6 nitrogen and oxygen atoms in total. The number of carbonyl (C=O) groups excluding carboxylic acids is 3. The molecule has 2 amide bonds. The fourth-order valence-electron chi connectivity index (χ4n) is 3.14. The molecule has 2 aliphatic carbocycles.